The van der Waals surface area contributed by atoms with Crippen LogP contribution in [0.25, 0.3) is 0 Å². The van der Waals surface area contributed by atoms with Crippen LogP contribution in [-0.4, -0.2) is 28.9 Å². The van der Waals surface area contributed by atoms with Gasteiger partial charge in [0.1, 0.15) is 5.69 Å². The Morgan fingerprint density at radius 3 is 2.89 bits per heavy atom. The van der Waals surface area contributed by atoms with Gasteiger partial charge in [0.15, 0.2) is 0 Å². The van der Waals surface area contributed by atoms with E-state index in [4.69, 9.17) is 12.2 Å². The van der Waals surface area contributed by atoms with Crippen molar-refractivity contribution in [3.05, 3.63) is 33.9 Å². The molecule has 0 aliphatic carbocycles. The van der Waals surface area contributed by atoms with E-state index in [9.17, 15) is 14.9 Å². The number of hydrogen-bond acceptors (Lipinski definition) is 5. The van der Waals surface area contributed by atoms with Gasteiger partial charge in [-0.25, -0.2) is 0 Å². The number of nitrogens with one attached hydrogen (secondary N) is 1. The van der Waals surface area contributed by atoms with Crippen LogP contribution in [-0.2, 0) is 0 Å². The molecule has 1 amide bonds. The topological polar surface area (TPSA) is 98.3 Å². The van der Waals surface area contributed by atoms with E-state index >= 15 is 0 Å². The van der Waals surface area contributed by atoms with Crippen molar-refractivity contribution in [2.45, 2.75) is 0 Å². The molecule has 6 nitrogen and oxygen atoms in total. The summed E-state index contributed by atoms with van der Waals surface area (Å²) in [6.07, 6.45) is 5.11. The van der Waals surface area contributed by atoms with Gasteiger partial charge in [0.05, 0.1) is 10.7 Å². The van der Waals surface area contributed by atoms with Crippen LogP contribution in [0.4, 0.5) is 11.4 Å². The number of benzene rings is 1. The predicted octanol–water partition coefficient (Wildman–Crippen LogP) is 1.47. The third-order valence-electron chi connectivity index (χ3n) is 2.23. The van der Waals surface area contributed by atoms with Crippen LogP contribution < -0.4 is 11.1 Å². The van der Waals surface area contributed by atoms with Crippen LogP contribution in [0, 0.1) is 22.5 Å². The van der Waals surface area contributed by atoms with Crippen LogP contribution in [0.2, 0.25) is 0 Å². The van der Waals surface area contributed by atoms with Crippen LogP contribution in [0.15, 0.2) is 18.2 Å². The SMILES string of the molecule is C#CCSCCNc1cc(C(N)=O)ccc1[N+](=O)[O-]. The van der Waals surface area contributed by atoms with E-state index in [2.05, 4.69) is 11.2 Å². The fraction of sp³-hybridized carbons (Fsp3) is 0.250. The number of hydrogen-bond donors (Lipinski definition) is 2. The van der Waals surface area contributed by atoms with E-state index in [1.807, 2.05) is 0 Å². The summed E-state index contributed by atoms with van der Waals surface area (Å²) in [7, 11) is 0. The Kier molecular flexibility index (Phi) is 5.70. The molecular weight excluding hydrogens is 266 g/mol. The highest BCUT2D eigenvalue weighted by atomic mass is 32.2. The zero-order valence-electron chi connectivity index (χ0n) is 10.1. The lowest BCUT2D eigenvalue weighted by Crippen LogP contribution is -2.13. The zero-order valence-corrected chi connectivity index (χ0v) is 10.9. The van der Waals surface area contributed by atoms with Crippen LogP contribution in [0.1, 0.15) is 10.4 Å². The lowest BCUT2D eigenvalue weighted by molar-refractivity contribution is -0.384. The highest BCUT2D eigenvalue weighted by Gasteiger charge is 2.15. The molecule has 1 rings (SSSR count). The van der Waals surface area contributed by atoms with Gasteiger partial charge >= 0.3 is 0 Å². The van der Waals surface area contributed by atoms with Gasteiger partial charge in [-0.3, -0.25) is 14.9 Å². The molecule has 0 saturated carbocycles. The van der Waals surface area contributed by atoms with Crippen molar-refractivity contribution in [1.29, 1.82) is 0 Å². The number of rotatable bonds is 7. The number of nitrogens with zero attached hydrogens (tertiary/aromatic N) is 1. The minimum atomic E-state index is -0.625. The van der Waals surface area contributed by atoms with Gasteiger partial charge in [-0.2, -0.15) is 0 Å². The molecule has 0 aliphatic rings. The number of carbonyl (C=O) groups is 1. The van der Waals surface area contributed by atoms with E-state index in [0.29, 0.717) is 18.1 Å². The second-order valence-electron chi connectivity index (χ2n) is 3.54. The first-order valence-corrected chi connectivity index (χ1v) is 6.55. The number of amides is 1. The maximum absolute atomic E-state index is 11.0. The highest BCUT2D eigenvalue weighted by molar-refractivity contribution is 7.99. The van der Waals surface area contributed by atoms with Crippen molar-refractivity contribution in [2.24, 2.45) is 5.73 Å². The number of nitro groups is 1. The molecule has 0 aliphatic heterocycles. The number of nitrogens with two attached hydrogens (primary N) is 1. The third kappa shape index (κ3) is 4.52. The van der Waals surface area contributed by atoms with Crippen molar-refractivity contribution >= 4 is 29.0 Å². The zero-order chi connectivity index (χ0) is 14.3. The summed E-state index contributed by atoms with van der Waals surface area (Å²) in [5.41, 5.74) is 5.56. The molecule has 0 atom stereocenters. The summed E-state index contributed by atoms with van der Waals surface area (Å²) in [6.45, 7) is 0.509. The normalized spacial score (nSPS) is 9.63. The summed E-state index contributed by atoms with van der Waals surface area (Å²) in [4.78, 5) is 21.4. The number of nitro benzene ring substituents is 1. The lowest BCUT2D eigenvalue weighted by Gasteiger charge is -2.07. The van der Waals surface area contributed by atoms with Gasteiger partial charge in [0.25, 0.3) is 5.69 Å². The first kappa shape index (κ1) is 14.9. The molecule has 0 unspecified atom stereocenters. The van der Waals surface area contributed by atoms with Crippen LogP contribution in [0.5, 0.6) is 0 Å². The van der Waals surface area contributed by atoms with Crippen molar-refractivity contribution in [2.75, 3.05) is 23.4 Å². The molecule has 0 bridgehead atoms. The molecule has 0 saturated heterocycles. The predicted molar refractivity (Wildman–Crippen MR) is 76.3 cm³/mol. The van der Waals surface area contributed by atoms with Crippen LogP contribution >= 0.6 is 11.8 Å². The average Bonchev–Trinajstić information content (AvgIpc) is 2.38. The van der Waals surface area contributed by atoms with Crippen LogP contribution in [0.3, 0.4) is 0 Å². The minimum Gasteiger partial charge on any atom is -0.379 e. The molecule has 19 heavy (non-hydrogen) atoms. The molecule has 1 aromatic rings. The van der Waals surface area contributed by atoms with E-state index in [-0.39, 0.29) is 16.9 Å². The Morgan fingerprint density at radius 1 is 1.58 bits per heavy atom. The maximum atomic E-state index is 11.0. The number of carbonyl (C=O) groups excluding carboxylic acids is 1. The van der Waals surface area contributed by atoms with Crippen molar-refractivity contribution < 1.29 is 9.72 Å². The van der Waals surface area contributed by atoms with Crippen molar-refractivity contribution in [3.63, 3.8) is 0 Å². The van der Waals surface area contributed by atoms with E-state index in [0.717, 1.165) is 0 Å². The number of primary amides is 1. The molecule has 1 aromatic carbocycles. The Hall–Kier alpha value is -2.20. The molecule has 100 valence electrons. The average molecular weight is 279 g/mol. The second kappa shape index (κ2) is 7.28. The Morgan fingerprint density at radius 2 is 2.32 bits per heavy atom. The standard InChI is InChI=1S/C12H13N3O3S/c1-2-6-19-7-5-14-10-8-9(12(13)16)3-4-11(10)15(17)18/h1,3-4,8,14H,5-7H2,(H2,13,16). The molecule has 7 heteroatoms. The highest BCUT2D eigenvalue weighted by Crippen LogP contribution is 2.25. The summed E-state index contributed by atoms with van der Waals surface area (Å²) < 4.78 is 0. The first-order valence-electron chi connectivity index (χ1n) is 5.39. The number of anilines is 1. The van der Waals surface area contributed by atoms with E-state index in [1.54, 1.807) is 0 Å². The Balaban J connectivity index is 2.78. The number of thioether (sulfide) groups is 1. The first-order chi connectivity index (χ1) is 9.06. The lowest BCUT2D eigenvalue weighted by atomic mass is 10.1. The third-order valence-corrected chi connectivity index (χ3v) is 3.09. The molecule has 0 aromatic heterocycles. The van der Waals surface area contributed by atoms with Crippen molar-refractivity contribution in [3.8, 4) is 12.3 Å². The second-order valence-corrected chi connectivity index (χ2v) is 4.64. The van der Waals surface area contributed by atoms with Gasteiger partial charge in [-0.1, -0.05) is 5.92 Å². The summed E-state index contributed by atoms with van der Waals surface area (Å²) in [5, 5.41) is 13.8. The number of terminal acetylenes is 1. The largest absolute Gasteiger partial charge is 0.379 e. The Bertz CT molecular complexity index is 525. The molecule has 0 radical (unpaired) electrons. The van der Waals surface area contributed by atoms with Gasteiger partial charge < -0.3 is 11.1 Å². The fourth-order valence-corrected chi connectivity index (χ4v) is 1.89. The molecule has 3 N–H and O–H groups in total. The summed E-state index contributed by atoms with van der Waals surface area (Å²) in [6, 6.07) is 3.97. The van der Waals surface area contributed by atoms with Gasteiger partial charge in [0, 0.05) is 23.9 Å². The van der Waals surface area contributed by atoms with Gasteiger partial charge in [0.2, 0.25) is 5.91 Å². The molecule has 0 fully saturated rings. The van der Waals surface area contributed by atoms with Gasteiger partial charge in [-0.05, 0) is 12.1 Å². The minimum absolute atomic E-state index is 0.0908. The molecule has 0 spiro atoms. The summed E-state index contributed by atoms with van der Waals surface area (Å²) >= 11 is 1.54. The smallest absolute Gasteiger partial charge is 0.292 e. The quantitative estimate of drug-likeness (QED) is 0.341. The molecule has 0 heterocycles. The molecular formula is C12H13N3O3S. The maximum Gasteiger partial charge on any atom is 0.292 e. The van der Waals surface area contributed by atoms with Crippen molar-refractivity contribution in [1.82, 2.24) is 0 Å². The fourth-order valence-electron chi connectivity index (χ4n) is 1.38. The Labute approximate surface area is 114 Å². The van der Waals surface area contributed by atoms with Gasteiger partial charge in [-0.15, -0.1) is 18.2 Å². The summed E-state index contributed by atoms with van der Waals surface area (Å²) in [5.74, 6) is 3.16. The van der Waals surface area contributed by atoms with E-state index in [1.165, 1.54) is 30.0 Å². The monoisotopic (exact) mass is 279 g/mol. The van der Waals surface area contributed by atoms with E-state index < -0.39 is 10.8 Å².